The van der Waals surface area contributed by atoms with Gasteiger partial charge in [-0.3, -0.25) is 4.98 Å². The number of aromatic amines is 1. The molecule has 0 aliphatic rings. The first-order valence-electron chi connectivity index (χ1n) is 5.72. The van der Waals surface area contributed by atoms with Crippen LogP contribution in [-0.4, -0.2) is 36.2 Å². The van der Waals surface area contributed by atoms with E-state index >= 15 is 0 Å². The van der Waals surface area contributed by atoms with Crippen molar-refractivity contribution in [3.8, 4) is 11.6 Å². The van der Waals surface area contributed by atoms with E-state index in [1.54, 1.807) is 12.4 Å². The monoisotopic (exact) mass is 271 g/mol. The zero-order valence-electron chi connectivity index (χ0n) is 10.1. The minimum Gasteiger partial charge on any atom is -0.476 e. The fraction of sp³-hybridized carbons (Fsp3) is 0.0833. The fourth-order valence-electron chi connectivity index (χ4n) is 1.73. The number of pyridine rings is 1. The van der Waals surface area contributed by atoms with Gasteiger partial charge in [-0.25, -0.2) is 9.78 Å². The molecule has 2 N–H and O–H groups in total. The van der Waals surface area contributed by atoms with Crippen molar-refractivity contribution >= 4 is 5.97 Å². The number of carboxylic acid groups (broad SMARTS) is 1. The van der Waals surface area contributed by atoms with Crippen molar-refractivity contribution in [1.82, 2.24) is 25.1 Å². The van der Waals surface area contributed by atoms with Crippen LogP contribution in [0.25, 0.3) is 11.6 Å². The highest BCUT2D eigenvalue weighted by Gasteiger charge is 2.20. The first-order valence-corrected chi connectivity index (χ1v) is 5.72. The van der Waals surface area contributed by atoms with Crippen molar-refractivity contribution in [2.75, 3.05) is 0 Å². The van der Waals surface area contributed by atoms with E-state index in [-0.39, 0.29) is 17.3 Å². The molecule has 0 bridgehead atoms. The summed E-state index contributed by atoms with van der Waals surface area (Å²) in [6.07, 6.45) is 5.10. The van der Waals surface area contributed by atoms with Crippen LogP contribution in [0, 0.1) is 0 Å². The SMILES string of the molecule is O=C(O)c1nc[nH]c1-c1nc(Cc2cccnc2)no1. The number of hydrogen-bond acceptors (Lipinski definition) is 6. The van der Waals surface area contributed by atoms with Gasteiger partial charge in [-0.05, 0) is 11.6 Å². The molecular formula is C12H9N5O3. The number of carboxylic acids is 1. The highest BCUT2D eigenvalue weighted by molar-refractivity contribution is 5.91. The van der Waals surface area contributed by atoms with Gasteiger partial charge in [-0.15, -0.1) is 0 Å². The van der Waals surface area contributed by atoms with Crippen molar-refractivity contribution in [3.63, 3.8) is 0 Å². The lowest BCUT2D eigenvalue weighted by Crippen LogP contribution is -1.99. The molecular weight excluding hydrogens is 262 g/mol. The Morgan fingerprint density at radius 1 is 1.45 bits per heavy atom. The summed E-state index contributed by atoms with van der Waals surface area (Å²) in [5.74, 6) is -0.619. The largest absolute Gasteiger partial charge is 0.476 e. The maximum atomic E-state index is 11.0. The van der Waals surface area contributed by atoms with Crippen LogP contribution >= 0.6 is 0 Å². The number of rotatable bonds is 4. The number of carbonyl (C=O) groups is 1. The van der Waals surface area contributed by atoms with E-state index in [2.05, 4.69) is 25.1 Å². The number of imidazole rings is 1. The summed E-state index contributed by atoms with van der Waals surface area (Å²) in [6, 6.07) is 3.70. The minimum absolute atomic E-state index is 0.0961. The molecule has 0 aliphatic carbocycles. The molecule has 3 rings (SSSR count). The van der Waals surface area contributed by atoms with Gasteiger partial charge < -0.3 is 14.6 Å². The highest BCUT2D eigenvalue weighted by Crippen LogP contribution is 2.19. The third-order valence-electron chi connectivity index (χ3n) is 2.61. The average molecular weight is 271 g/mol. The van der Waals surface area contributed by atoms with E-state index in [0.717, 1.165) is 5.56 Å². The van der Waals surface area contributed by atoms with Crippen molar-refractivity contribution in [1.29, 1.82) is 0 Å². The average Bonchev–Trinajstić information content (AvgIpc) is 3.07. The van der Waals surface area contributed by atoms with E-state index in [9.17, 15) is 4.79 Å². The molecule has 0 saturated heterocycles. The Labute approximate surface area is 112 Å². The molecule has 3 heterocycles. The number of nitrogens with one attached hydrogen (secondary N) is 1. The van der Waals surface area contributed by atoms with Crippen LogP contribution < -0.4 is 0 Å². The first-order chi connectivity index (χ1) is 9.74. The molecule has 0 unspecified atom stereocenters. The van der Waals surface area contributed by atoms with Crippen LogP contribution in [-0.2, 0) is 6.42 Å². The molecule has 0 saturated carbocycles. The van der Waals surface area contributed by atoms with E-state index < -0.39 is 5.97 Å². The second kappa shape index (κ2) is 4.92. The summed E-state index contributed by atoms with van der Waals surface area (Å²) in [7, 11) is 0. The second-order valence-corrected chi connectivity index (χ2v) is 3.99. The fourth-order valence-corrected chi connectivity index (χ4v) is 1.73. The lowest BCUT2D eigenvalue weighted by Gasteiger charge is -1.93. The molecule has 0 spiro atoms. The predicted octanol–water partition coefficient (Wildman–Crippen LogP) is 1.14. The zero-order valence-corrected chi connectivity index (χ0v) is 10.1. The van der Waals surface area contributed by atoms with Gasteiger partial charge in [0.2, 0.25) is 0 Å². The third kappa shape index (κ3) is 2.26. The van der Waals surface area contributed by atoms with Crippen LogP contribution in [0.2, 0.25) is 0 Å². The Hall–Kier alpha value is -3.03. The van der Waals surface area contributed by atoms with Gasteiger partial charge in [0.05, 0.1) is 6.33 Å². The minimum atomic E-state index is -1.16. The Balaban J connectivity index is 1.87. The zero-order chi connectivity index (χ0) is 13.9. The normalized spacial score (nSPS) is 10.6. The summed E-state index contributed by atoms with van der Waals surface area (Å²) in [5, 5.41) is 12.8. The quantitative estimate of drug-likeness (QED) is 0.730. The number of aromatic nitrogens is 5. The van der Waals surface area contributed by atoms with Crippen molar-refractivity contribution in [3.05, 3.63) is 47.9 Å². The maximum Gasteiger partial charge on any atom is 0.356 e. The Bertz CT molecular complexity index is 734. The lowest BCUT2D eigenvalue weighted by atomic mass is 10.2. The van der Waals surface area contributed by atoms with Gasteiger partial charge in [-0.2, -0.15) is 4.98 Å². The van der Waals surface area contributed by atoms with Gasteiger partial charge in [0, 0.05) is 18.8 Å². The number of nitrogens with zero attached hydrogens (tertiary/aromatic N) is 4. The number of aromatic carboxylic acids is 1. The molecule has 100 valence electrons. The Morgan fingerprint density at radius 3 is 3.10 bits per heavy atom. The van der Waals surface area contributed by atoms with E-state index in [1.165, 1.54) is 6.33 Å². The molecule has 20 heavy (non-hydrogen) atoms. The predicted molar refractivity (Wildman–Crippen MR) is 65.9 cm³/mol. The van der Waals surface area contributed by atoms with Gasteiger partial charge in [0.15, 0.2) is 11.5 Å². The van der Waals surface area contributed by atoms with Gasteiger partial charge in [0.25, 0.3) is 5.89 Å². The molecule has 0 atom stereocenters. The molecule has 0 radical (unpaired) electrons. The molecule has 8 nitrogen and oxygen atoms in total. The molecule has 8 heteroatoms. The van der Waals surface area contributed by atoms with Crippen LogP contribution in [0.1, 0.15) is 21.9 Å². The van der Waals surface area contributed by atoms with Crippen LogP contribution in [0.4, 0.5) is 0 Å². The topological polar surface area (TPSA) is 118 Å². The maximum absolute atomic E-state index is 11.0. The van der Waals surface area contributed by atoms with E-state index in [0.29, 0.717) is 12.2 Å². The second-order valence-electron chi connectivity index (χ2n) is 3.99. The molecule has 3 aromatic rings. The highest BCUT2D eigenvalue weighted by atomic mass is 16.5. The smallest absolute Gasteiger partial charge is 0.356 e. The van der Waals surface area contributed by atoms with Crippen LogP contribution in [0.5, 0.6) is 0 Å². The van der Waals surface area contributed by atoms with Crippen LogP contribution in [0.15, 0.2) is 35.4 Å². The third-order valence-corrected chi connectivity index (χ3v) is 2.61. The Kier molecular flexibility index (Phi) is 2.96. The lowest BCUT2D eigenvalue weighted by molar-refractivity contribution is 0.0691. The van der Waals surface area contributed by atoms with Crippen molar-refractivity contribution < 1.29 is 14.4 Å². The molecule has 0 aliphatic heterocycles. The van der Waals surface area contributed by atoms with Crippen molar-refractivity contribution in [2.24, 2.45) is 0 Å². The van der Waals surface area contributed by atoms with E-state index in [1.807, 2.05) is 12.1 Å². The Morgan fingerprint density at radius 2 is 2.35 bits per heavy atom. The molecule has 0 amide bonds. The summed E-state index contributed by atoms with van der Waals surface area (Å²) in [5.41, 5.74) is 0.979. The van der Waals surface area contributed by atoms with Gasteiger partial charge in [0.1, 0.15) is 5.69 Å². The first kappa shape index (κ1) is 12.0. The van der Waals surface area contributed by atoms with Gasteiger partial charge >= 0.3 is 5.97 Å². The van der Waals surface area contributed by atoms with E-state index in [4.69, 9.17) is 9.63 Å². The number of H-pyrrole nitrogens is 1. The number of hydrogen-bond donors (Lipinski definition) is 2. The molecule has 3 aromatic heterocycles. The summed E-state index contributed by atoms with van der Waals surface area (Å²) in [6.45, 7) is 0. The molecule has 0 fully saturated rings. The summed E-state index contributed by atoms with van der Waals surface area (Å²) < 4.78 is 5.06. The van der Waals surface area contributed by atoms with Gasteiger partial charge in [-0.1, -0.05) is 11.2 Å². The standard InChI is InChI=1S/C12H9N5O3/c18-12(19)10-9(14-6-15-10)11-16-8(17-20-11)4-7-2-1-3-13-5-7/h1-3,5-6H,4H2,(H,14,15)(H,18,19). The van der Waals surface area contributed by atoms with Crippen LogP contribution in [0.3, 0.4) is 0 Å². The molecule has 0 aromatic carbocycles. The summed E-state index contributed by atoms with van der Waals surface area (Å²) in [4.78, 5) is 25.5. The van der Waals surface area contributed by atoms with Crippen molar-refractivity contribution in [2.45, 2.75) is 6.42 Å². The summed E-state index contributed by atoms with van der Waals surface area (Å²) >= 11 is 0.